The van der Waals surface area contributed by atoms with Crippen LogP contribution in [0.4, 0.5) is 0 Å². The van der Waals surface area contributed by atoms with Crippen molar-refractivity contribution < 1.29 is 5.11 Å². The van der Waals surface area contributed by atoms with E-state index in [4.69, 9.17) is 0 Å². The molecule has 1 N–H and O–H groups in total. The average molecular weight is 438 g/mol. The van der Waals surface area contributed by atoms with Crippen molar-refractivity contribution in [1.29, 1.82) is 0 Å². The minimum Gasteiger partial charge on any atom is -0.382 e. The van der Waals surface area contributed by atoms with Crippen LogP contribution in [0.15, 0.2) is 10.8 Å². The first-order valence-corrected chi connectivity index (χ1v) is 7.92. The fraction of sp³-hybridized carbons (Fsp3) is 0.545. The maximum Gasteiger partial charge on any atom is 0.149 e. The first kappa shape index (κ1) is 13.5. The normalized spacial score (nSPS) is 17.5. The predicted molar refractivity (Wildman–Crippen MR) is 80.6 cm³/mol. The molecule has 0 spiro atoms. The number of hydrogen-bond acceptors (Lipinski definition) is 4. The highest BCUT2D eigenvalue weighted by atomic mass is 127. The molecular formula is C11H13BrIN5O. The van der Waals surface area contributed by atoms with Crippen LogP contribution in [0, 0.1) is 3.70 Å². The van der Waals surface area contributed by atoms with Gasteiger partial charge in [0.05, 0.1) is 12.2 Å². The molecule has 1 unspecified atom stereocenters. The molecule has 1 saturated carbocycles. The van der Waals surface area contributed by atoms with Crippen molar-refractivity contribution in [2.45, 2.75) is 31.4 Å². The Kier molecular flexibility index (Phi) is 3.65. The van der Waals surface area contributed by atoms with Crippen LogP contribution in [-0.4, -0.2) is 29.9 Å². The summed E-state index contributed by atoms with van der Waals surface area (Å²) >= 11 is 5.62. The van der Waals surface area contributed by atoms with Crippen molar-refractivity contribution in [3.8, 4) is 0 Å². The number of halogens is 2. The van der Waals surface area contributed by atoms with Gasteiger partial charge in [0.15, 0.2) is 0 Å². The molecule has 0 amide bonds. The van der Waals surface area contributed by atoms with Crippen molar-refractivity contribution in [2.24, 2.45) is 7.05 Å². The molecule has 19 heavy (non-hydrogen) atoms. The number of nitrogens with zero attached hydrogens (tertiary/aromatic N) is 5. The van der Waals surface area contributed by atoms with Gasteiger partial charge in [0, 0.05) is 12.6 Å². The maximum atomic E-state index is 10.4. The Balaban J connectivity index is 1.93. The third kappa shape index (κ3) is 2.33. The zero-order valence-corrected chi connectivity index (χ0v) is 14.0. The van der Waals surface area contributed by atoms with Crippen LogP contribution in [0.3, 0.4) is 0 Å². The van der Waals surface area contributed by atoms with E-state index < -0.39 is 6.10 Å². The lowest BCUT2D eigenvalue weighted by atomic mass is 9.93. The van der Waals surface area contributed by atoms with Crippen LogP contribution >= 0.6 is 38.5 Å². The molecule has 0 bridgehead atoms. The summed E-state index contributed by atoms with van der Waals surface area (Å²) in [4.78, 5) is 1.46. The van der Waals surface area contributed by atoms with Gasteiger partial charge in [0.2, 0.25) is 0 Å². The van der Waals surface area contributed by atoms with Crippen molar-refractivity contribution >= 4 is 38.5 Å². The highest BCUT2D eigenvalue weighted by Crippen LogP contribution is 2.37. The molecular weight excluding hydrogens is 425 g/mol. The zero-order valence-electron chi connectivity index (χ0n) is 10.3. The standard InChI is InChI=1S/C11H13BrIN5O/c1-17-15-8(11(13)16-17)9(19)7-5-14-18(10(7)12)6-3-2-4-6/h5-6,9,19H,2-4H2,1H3. The summed E-state index contributed by atoms with van der Waals surface area (Å²) in [6, 6.07) is 0.455. The van der Waals surface area contributed by atoms with Crippen molar-refractivity contribution in [1.82, 2.24) is 24.8 Å². The minimum absolute atomic E-state index is 0.455. The first-order chi connectivity index (χ1) is 9.08. The van der Waals surface area contributed by atoms with E-state index in [0.29, 0.717) is 15.4 Å². The highest BCUT2D eigenvalue weighted by Gasteiger charge is 2.27. The van der Waals surface area contributed by atoms with E-state index >= 15 is 0 Å². The molecule has 0 saturated heterocycles. The number of aliphatic hydroxyl groups excluding tert-OH is 1. The lowest BCUT2D eigenvalue weighted by molar-refractivity contribution is 0.211. The average Bonchev–Trinajstić information content (AvgIpc) is 2.81. The van der Waals surface area contributed by atoms with E-state index in [-0.39, 0.29) is 0 Å². The summed E-state index contributed by atoms with van der Waals surface area (Å²) in [5.74, 6) is 0. The van der Waals surface area contributed by atoms with E-state index in [0.717, 1.165) is 23.0 Å². The molecule has 0 aliphatic heterocycles. The zero-order chi connectivity index (χ0) is 13.6. The molecule has 102 valence electrons. The number of rotatable bonds is 3. The van der Waals surface area contributed by atoms with Gasteiger partial charge in [-0.25, -0.2) is 0 Å². The third-order valence-corrected chi connectivity index (χ3v) is 5.02. The van der Waals surface area contributed by atoms with Gasteiger partial charge >= 0.3 is 0 Å². The van der Waals surface area contributed by atoms with E-state index in [9.17, 15) is 5.11 Å². The Morgan fingerprint density at radius 1 is 1.47 bits per heavy atom. The lowest BCUT2D eigenvalue weighted by Crippen LogP contribution is -2.18. The second kappa shape index (κ2) is 5.13. The second-order valence-electron chi connectivity index (χ2n) is 4.69. The quantitative estimate of drug-likeness (QED) is 0.747. The van der Waals surface area contributed by atoms with Gasteiger partial charge in [-0.3, -0.25) is 4.68 Å². The molecule has 1 aliphatic rings. The summed E-state index contributed by atoms with van der Waals surface area (Å²) in [6.07, 6.45) is 4.45. The van der Waals surface area contributed by atoms with Gasteiger partial charge < -0.3 is 5.11 Å². The Morgan fingerprint density at radius 3 is 2.74 bits per heavy atom. The van der Waals surface area contributed by atoms with E-state index in [1.807, 2.05) is 4.68 Å². The van der Waals surface area contributed by atoms with Crippen LogP contribution in [0.5, 0.6) is 0 Å². The predicted octanol–water partition coefficient (Wildman–Crippen LogP) is 2.19. The number of hydrogen-bond donors (Lipinski definition) is 1. The summed E-state index contributed by atoms with van der Waals surface area (Å²) < 4.78 is 3.49. The molecule has 1 atom stereocenters. The van der Waals surface area contributed by atoms with Crippen LogP contribution in [0.2, 0.25) is 0 Å². The van der Waals surface area contributed by atoms with Gasteiger partial charge in [-0.15, -0.1) is 5.10 Å². The Labute approximate surface area is 132 Å². The van der Waals surface area contributed by atoms with Gasteiger partial charge in [-0.05, 0) is 57.8 Å². The van der Waals surface area contributed by atoms with Gasteiger partial charge in [-0.2, -0.15) is 15.0 Å². The van der Waals surface area contributed by atoms with Crippen LogP contribution in [-0.2, 0) is 7.05 Å². The van der Waals surface area contributed by atoms with Crippen molar-refractivity contribution in [3.05, 3.63) is 25.8 Å². The SMILES string of the molecule is Cn1nc(I)c(C(O)c2cnn(C3CCC3)c2Br)n1. The maximum absolute atomic E-state index is 10.4. The molecule has 1 fully saturated rings. The van der Waals surface area contributed by atoms with Crippen LogP contribution < -0.4 is 0 Å². The highest BCUT2D eigenvalue weighted by molar-refractivity contribution is 14.1. The smallest absolute Gasteiger partial charge is 0.149 e. The number of aromatic nitrogens is 5. The second-order valence-corrected chi connectivity index (χ2v) is 6.46. The molecule has 0 radical (unpaired) electrons. The summed E-state index contributed by atoms with van der Waals surface area (Å²) in [5.41, 5.74) is 1.31. The summed E-state index contributed by atoms with van der Waals surface area (Å²) in [6.45, 7) is 0. The van der Waals surface area contributed by atoms with Crippen LogP contribution in [0.1, 0.15) is 42.7 Å². The molecule has 2 heterocycles. The largest absolute Gasteiger partial charge is 0.382 e. The van der Waals surface area contributed by atoms with Gasteiger partial charge in [0.25, 0.3) is 0 Å². The molecule has 2 aromatic rings. The molecule has 0 aromatic carbocycles. The Bertz CT molecular complexity index is 606. The van der Waals surface area contributed by atoms with E-state index in [1.54, 1.807) is 13.2 Å². The van der Waals surface area contributed by atoms with Crippen LogP contribution in [0.25, 0.3) is 0 Å². The van der Waals surface area contributed by atoms with Crippen molar-refractivity contribution in [2.75, 3.05) is 0 Å². The summed E-state index contributed by atoms with van der Waals surface area (Å²) in [5, 5.41) is 23.2. The topological polar surface area (TPSA) is 68.8 Å². The Hall–Kier alpha value is -0.480. The minimum atomic E-state index is -0.802. The monoisotopic (exact) mass is 437 g/mol. The molecule has 8 heteroatoms. The molecule has 2 aromatic heterocycles. The Morgan fingerprint density at radius 2 is 2.21 bits per heavy atom. The lowest BCUT2D eigenvalue weighted by Gasteiger charge is -2.26. The van der Waals surface area contributed by atoms with Gasteiger partial charge in [0.1, 0.15) is 20.1 Å². The third-order valence-electron chi connectivity index (χ3n) is 3.43. The summed E-state index contributed by atoms with van der Waals surface area (Å²) in [7, 11) is 1.74. The number of aliphatic hydroxyl groups is 1. The fourth-order valence-electron chi connectivity index (χ4n) is 2.14. The number of aryl methyl sites for hydroxylation is 1. The van der Waals surface area contributed by atoms with E-state index in [2.05, 4.69) is 53.8 Å². The molecule has 3 rings (SSSR count). The fourth-order valence-corrected chi connectivity index (χ4v) is 3.56. The first-order valence-electron chi connectivity index (χ1n) is 6.05. The van der Waals surface area contributed by atoms with E-state index in [1.165, 1.54) is 11.2 Å². The molecule has 1 aliphatic carbocycles. The van der Waals surface area contributed by atoms with Gasteiger partial charge in [-0.1, -0.05) is 0 Å². The molecule has 6 nitrogen and oxygen atoms in total. The van der Waals surface area contributed by atoms with Crippen molar-refractivity contribution in [3.63, 3.8) is 0 Å².